The molecule has 36 heavy (non-hydrogen) atoms. The predicted molar refractivity (Wildman–Crippen MR) is 150 cm³/mol. The van der Waals surface area contributed by atoms with Crippen LogP contribution in [0, 0.1) is 0 Å². The van der Waals surface area contributed by atoms with Crippen molar-refractivity contribution in [1.82, 2.24) is 14.8 Å². The molecule has 190 valence electrons. The zero-order valence-electron chi connectivity index (χ0n) is 20.8. The average Bonchev–Trinajstić information content (AvgIpc) is 3.31. The Morgan fingerprint density at radius 1 is 1.11 bits per heavy atom. The van der Waals surface area contributed by atoms with Gasteiger partial charge in [-0.1, -0.05) is 36.4 Å². The number of methoxy groups -OCH3 is 1. The summed E-state index contributed by atoms with van der Waals surface area (Å²) in [5, 5.41) is 4.22. The van der Waals surface area contributed by atoms with Crippen LogP contribution in [0.2, 0.25) is 0 Å². The smallest absolute Gasteiger partial charge is 0.259 e. The number of benzene rings is 2. The van der Waals surface area contributed by atoms with Crippen molar-refractivity contribution in [1.29, 1.82) is 0 Å². The number of hydrogen-bond acceptors (Lipinski definition) is 6. The van der Waals surface area contributed by atoms with Crippen LogP contribution in [-0.4, -0.2) is 42.3 Å². The maximum Gasteiger partial charge on any atom is 0.259 e. The van der Waals surface area contributed by atoms with Crippen molar-refractivity contribution in [3.8, 4) is 22.6 Å². The first-order valence-electron chi connectivity index (χ1n) is 12.0. The highest BCUT2D eigenvalue weighted by atomic mass is 35.5. The molecule has 2 aromatic heterocycles. The summed E-state index contributed by atoms with van der Waals surface area (Å²) >= 11 is 1.72. The van der Waals surface area contributed by atoms with E-state index in [2.05, 4.69) is 23.2 Å². The first-order valence-corrected chi connectivity index (χ1v) is 12.8. The molecule has 1 atom stereocenters. The standard InChI is InChI=1S/C28H31N3O3S.ClH/c1-19-15-29-11-12-31(19)16-22-14-23-27(35-22)24(17-30(2)28(23)32)21-9-10-25(33-3)26(13-21)34-18-20-7-5-4-6-8-20;/h4-10,13-14,17,19,29H,11-12,15-16,18H2,1-3H3;1H. The molecular formula is C28H32ClN3O3S. The lowest BCUT2D eigenvalue weighted by Crippen LogP contribution is -2.49. The molecule has 2 aromatic carbocycles. The average molecular weight is 526 g/mol. The van der Waals surface area contributed by atoms with E-state index in [1.807, 2.05) is 61.8 Å². The molecule has 1 aliphatic heterocycles. The van der Waals surface area contributed by atoms with Crippen molar-refractivity contribution in [2.75, 3.05) is 26.7 Å². The normalized spacial score (nSPS) is 16.0. The van der Waals surface area contributed by atoms with Gasteiger partial charge in [-0.25, -0.2) is 0 Å². The van der Waals surface area contributed by atoms with Gasteiger partial charge in [0.25, 0.3) is 5.56 Å². The number of aryl methyl sites for hydroxylation is 1. The van der Waals surface area contributed by atoms with Gasteiger partial charge in [0.2, 0.25) is 0 Å². The van der Waals surface area contributed by atoms with E-state index in [0.717, 1.165) is 53.0 Å². The second-order valence-electron chi connectivity index (χ2n) is 9.08. The summed E-state index contributed by atoms with van der Waals surface area (Å²) in [6.07, 6.45) is 1.93. The van der Waals surface area contributed by atoms with E-state index in [0.29, 0.717) is 24.1 Å². The highest BCUT2D eigenvalue weighted by Gasteiger charge is 2.21. The molecule has 5 rings (SSSR count). The van der Waals surface area contributed by atoms with Crippen LogP contribution in [-0.2, 0) is 20.2 Å². The largest absolute Gasteiger partial charge is 0.493 e. The van der Waals surface area contributed by atoms with Gasteiger partial charge in [-0.3, -0.25) is 9.69 Å². The summed E-state index contributed by atoms with van der Waals surface area (Å²) in [7, 11) is 3.47. The molecule has 0 bridgehead atoms. The van der Waals surface area contributed by atoms with Crippen LogP contribution in [0.1, 0.15) is 17.4 Å². The van der Waals surface area contributed by atoms with Gasteiger partial charge in [0.15, 0.2) is 11.5 Å². The van der Waals surface area contributed by atoms with Crippen LogP contribution in [0.25, 0.3) is 21.2 Å². The fraction of sp³-hybridized carbons (Fsp3) is 0.321. The maximum atomic E-state index is 13.0. The fourth-order valence-corrected chi connectivity index (χ4v) is 5.80. The number of aromatic nitrogens is 1. The summed E-state index contributed by atoms with van der Waals surface area (Å²) < 4.78 is 14.4. The number of halogens is 1. The molecule has 8 heteroatoms. The third-order valence-electron chi connectivity index (χ3n) is 6.61. The molecule has 1 aliphatic rings. The van der Waals surface area contributed by atoms with Gasteiger partial charge in [-0.15, -0.1) is 23.7 Å². The van der Waals surface area contributed by atoms with Crippen LogP contribution in [0.3, 0.4) is 0 Å². The van der Waals surface area contributed by atoms with Crippen molar-refractivity contribution in [2.45, 2.75) is 26.1 Å². The Morgan fingerprint density at radius 2 is 1.92 bits per heavy atom. The highest BCUT2D eigenvalue weighted by Crippen LogP contribution is 2.38. The number of fused-ring (bicyclic) bond motifs is 1. The molecule has 0 spiro atoms. The molecule has 6 nitrogen and oxygen atoms in total. The minimum atomic E-state index is 0. The minimum Gasteiger partial charge on any atom is -0.493 e. The second kappa shape index (κ2) is 11.5. The number of rotatable bonds is 7. The molecule has 1 unspecified atom stereocenters. The zero-order valence-corrected chi connectivity index (χ0v) is 22.5. The van der Waals surface area contributed by atoms with Crippen molar-refractivity contribution >= 4 is 33.8 Å². The number of thiophene rings is 1. The van der Waals surface area contributed by atoms with E-state index in [4.69, 9.17) is 9.47 Å². The number of hydrogen-bond donors (Lipinski definition) is 1. The molecule has 0 saturated carbocycles. The van der Waals surface area contributed by atoms with Crippen LogP contribution in [0.15, 0.2) is 65.6 Å². The summed E-state index contributed by atoms with van der Waals surface area (Å²) in [4.78, 5) is 16.7. The quantitative estimate of drug-likeness (QED) is 0.365. The number of nitrogens with one attached hydrogen (secondary N) is 1. The SMILES string of the molecule is COc1ccc(-c2cn(C)c(=O)c3cc(CN4CCNCC4C)sc23)cc1OCc1ccccc1.Cl. The van der Waals surface area contributed by atoms with Crippen molar-refractivity contribution < 1.29 is 9.47 Å². The maximum absolute atomic E-state index is 13.0. The molecule has 0 radical (unpaired) electrons. The summed E-state index contributed by atoms with van der Waals surface area (Å²) in [6, 6.07) is 18.6. The highest BCUT2D eigenvalue weighted by molar-refractivity contribution is 7.19. The predicted octanol–water partition coefficient (Wildman–Crippen LogP) is 5.07. The van der Waals surface area contributed by atoms with Gasteiger partial charge in [0, 0.05) is 60.6 Å². The summed E-state index contributed by atoms with van der Waals surface area (Å²) in [5.41, 5.74) is 3.15. The molecule has 1 saturated heterocycles. The van der Waals surface area contributed by atoms with Gasteiger partial charge < -0.3 is 19.4 Å². The Kier molecular flexibility index (Phi) is 8.36. The molecule has 0 aliphatic carbocycles. The Balaban J connectivity index is 0.00000304. The van der Waals surface area contributed by atoms with Gasteiger partial charge in [-0.05, 0) is 36.2 Å². The van der Waals surface area contributed by atoms with Crippen molar-refractivity contribution in [3.05, 3.63) is 81.6 Å². The third kappa shape index (κ3) is 5.44. The lowest BCUT2D eigenvalue weighted by molar-refractivity contribution is 0.167. The van der Waals surface area contributed by atoms with E-state index in [1.165, 1.54) is 4.88 Å². The van der Waals surface area contributed by atoms with Crippen molar-refractivity contribution in [3.63, 3.8) is 0 Å². The van der Waals surface area contributed by atoms with Crippen LogP contribution in [0.5, 0.6) is 11.5 Å². The van der Waals surface area contributed by atoms with Crippen molar-refractivity contribution in [2.24, 2.45) is 7.05 Å². The Hall–Kier alpha value is -2.84. The van der Waals surface area contributed by atoms with E-state index < -0.39 is 0 Å². The zero-order chi connectivity index (χ0) is 24.4. The molecule has 1 fully saturated rings. The number of nitrogens with zero attached hydrogens (tertiary/aromatic N) is 2. The summed E-state index contributed by atoms with van der Waals surface area (Å²) in [6.45, 7) is 6.57. The monoisotopic (exact) mass is 525 g/mol. The second-order valence-corrected chi connectivity index (χ2v) is 10.2. The number of piperazine rings is 1. The van der Waals surface area contributed by atoms with Gasteiger partial charge >= 0.3 is 0 Å². The van der Waals surface area contributed by atoms with E-state index >= 15 is 0 Å². The fourth-order valence-electron chi connectivity index (χ4n) is 4.60. The Labute approximate surface area is 221 Å². The van der Waals surface area contributed by atoms with Gasteiger partial charge in [0.05, 0.1) is 12.5 Å². The van der Waals surface area contributed by atoms with Gasteiger partial charge in [0.1, 0.15) is 6.61 Å². The molecule has 0 amide bonds. The number of pyridine rings is 1. The topological polar surface area (TPSA) is 55.7 Å². The Morgan fingerprint density at radius 3 is 2.67 bits per heavy atom. The Bertz CT molecular complexity index is 1390. The van der Waals surface area contributed by atoms with Crippen LogP contribution >= 0.6 is 23.7 Å². The van der Waals surface area contributed by atoms with E-state index in [-0.39, 0.29) is 18.0 Å². The lowest BCUT2D eigenvalue weighted by Gasteiger charge is -2.33. The van der Waals surface area contributed by atoms with E-state index in [9.17, 15) is 4.79 Å². The van der Waals surface area contributed by atoms with E-state index in [1.54, 1.807) is 23.0 Å². The summed E-state index contributed by atoms with van der Waals surface area (Å²) in [5.74, 6) is 1.37. The van der Waals surface area contributed by atoms with Crippen LogP contribution < -0.4 is 20.3 Å². The van der Waals surface area contributed by atoms with Crippen LogP contribution in [0.4, 0.5) is 0 Å². The number of ether oxygens (including phenoxy) is 2. The van der Waals surface area contributed by atoms with Gasteiger partial charge in [-0.2, -0.15) is 0 Å². The lowest BCUT2D eigenvalue weighted by atomic mass is 10.1. The first-order chi connectivity index (χ1) is 17.0. The first kappa shape index (κ1) is 26.2. The minimum absolute atomic E-state index is 0. The molecule has 4 aromatic rings. The third-order valence-corrected chi connectivity index (χ3v) is 7.76. The molecule has 3 heterocycles. The molecule has 1 N–H and O–H groups in total. The molecular weight excluding hydrogens is 494 g/mol.